The number of aliphatic hydroxyl groups is 1. The summed E-state index contributed by atoms with van der Waals surface area (Å²) in [6.45, 7) is 0.821. The van der Waals surface area contributed by atoms with Crippen LogP contribution in [-0.4, -0.2) is 51.5 Å². The molecule has 0 saturated carbocycles. The van der Waals surface area contributed by atoms with E-state index in [4.69, 9.17) is 11.6 Å². The van der Waals surface area contributed by atoms with Gasteiger partial charge in [0.25, 0.3) is 11.8 Å². The highest BCUT2D eigenvalue weighted by molar-refractivity contribution is 9.10. The monoisotopic (exact) mass is 488 g/mol. The minimum absolute atomic E-state index is 0.104. The highest BCUT2D eigenvalue weighted by Crippen LogP contribution is 2.23. The zero-order chi connectivity index (χ0) is 21.3. The number of benzene rings is 2. The van der Waals surface area contributed by atoms with Crippen LogP contribution in [0.25, 0.3) is 11.0 Å². The molecule has 0 saturated heterocycles. The maximum absolute atomic E-state index is 12.7. The number of nitrogens with zero attached hydrogens (tertiary/aromatic N) is 2. The highest BCUT2D eigenvalue weighted by atomic mass is 79.9. The number of carbonyl (C=O) groups excluding carboxylic acids is 2. The molecule has 1 aliphatic heterocycles. The molecular formula is C21H18BrClN4O3. The molecule has 0 unspecified atom stereocenters. The average Bonchev–Trinajstić information content (AvgIpc) is 3.40. The number of hydrogen-bond donors (Lipinski definition) is 3. The minimum atomic E-state index is -0.723. The van der Waals surface area contributed by atoms with Crippen molar-refractivity contribution in [2.24, 2.45) is 0 Å². The summed E-state index contributed by atoms with van der Waals surface area (Å²) in [6, 6.07) is 9.29. The zero-order valence-electron chi connectivity index (χ0n) is 15.7. The van der Waals surface area contributed by atoms with Crippen molar-refractivity contribution < 1.29 is 14.7 Å². The number of H-pyrrole nitrogens is 1. The summed E-state index contributed by atoms with van der Waals surface area (Å²) >= 11 is 9.39. The first-order valence-corrected chi connectivity index (χ1v) is 10.4. The van der Waals surface area contributed by atoms with E-state index in [2.05, 4.69) is 31.2 Å². The van der Waals surface area contributed by atoms with Crippen LogP contribution in [0, 0.1) is 0 Å². The first-order chi connectivity index (χ1) is 14.5. The van der Waals surface area contributed by atoms with Gasteiger partial charge in [0, 0.05) is 28.1 Å². The lowest BCUT2D eigenvalue weighted by molar-refractivity contribution is 0.0798. The molecule has 1 aliphatic rings. The largest absolute Gasteiger partial charge is 0.394 e. The number of hydrogen-bond acceptors (Lipinski definition) is 4. The number of carbonyl (C=O) groups is 2. The van der Waals surface area contributed by atoms with Crippen molar-refractivity contribution in [3.05, 3.63) is 75.0 Å². The third kappa shape index (κ3) is 4.12. The van der Waals surface area contributed by atoms with Crippen LogP contribution in [0.3, 0.4) is 0 Å². The van der Waals surface area contributed by atoms with E-state index in [0.29, 0.717) is 50.6 Å². The highest BCUT2D eigenvalue weighted by Gasteiger charge is 2.22. The molecule has 1 atom stereocenters. The number of halogens is 2. The Bertz CT molecular complexity index is 1150. The fourth-order valence-corrected chi connectivity index (χ4v) is 3.97. The maximum Gasteiger partial charge on any atom is 0.255 e. The third-order valence-electron chi connectivity index (χ3n) is 4.85. The molecular weight excluding hydrogens is 472 g/mol. The number of aliphatic hydroxyl groups excluding tert-OH is 1. The van der Waals surface area contributed by atoms with Crippen LogP contribution in [0.4, 0.5) is 0 Å². The molecule has 30 heavy (non-hydrogen) atoms. The van der Waals surface area contributed by atoms with E-state index >= 15 is 0 Å². The summed E-state index contributed by atoms with van der Waals surface area (Å²) in [4.78, 5) is 34.5. The fourth-order valence-electron chi connectivity index (χ4n) is 3.25. The van der Waals surface area contributed by atoms with Crippen molar-refractivity contribution in [3.63, 3.8) is 0 Å². The Kier molecular flexibility index (Phi) is 5.90. The number of nitrogens with one attached hydrogen (secondary N) is 2. The molecule has 0 bridgehead atoms. The molecule has 7 nitrogen and oxygen atoms in total. The second-order valence-corrected chi connectivity index (χ2v) is 8.16. The Hall–Kier alpha value is -2.68. The SMILES string of the molecule is O=C(N[C@@H](CO)c1nc2ccc(Cl)cc2[nH]1)c1ccc(C(=O)N2CC=CC2)c(Br)c1. The van der Waals surface area contributed by atoms with Crippen LogP contribution in [0.5, 0.6) is 0 Å². The molecule has 154 valence electrons. The van der Waals surface area contributed by atoms with Crippen molar-refractivity contribution in [3.8, 4) is 0 Å². The summed E-state index contributed by atoms with van der Waals surface area (Å²) in [5.41, 5.74) is 2.25. The van der Waals surface area contributed by atoms with Gasteiger partial charge < -0.3 is 20.3 Å². The summed E-state index contributed by atoms with van der Waals surface area (Å²) in [7, 11) is 0. The Balaban J connectivity index is 1.51. The van der Waals surface area contributed by atoms with Gasteiger partial charge in [0.15, 0.2) is 0 Å². The van der Waals surface area contributed by atoms with Crippen LogP contribution in [-0.2, 0) is 0 Å². The fraction of sp³-hybridized carbons (Fsp3) is 0.190. The second-order valence-electron chi connectivity index (χ2n) is 6.87. The quantitative estimate of drug-likeness (QED) is 0.478. The number of imidazole rings is 1. The summed E-state index contributed by atoms with van der Waals surface area (Å²) in [5, 5.41) is 13.1. The number of amides is 2. The molecule has 2 heterocycles. The van der Waals surface area contributed by atoms with Gasteiger partial charge >= 0.3 is 0 Å². The van der Waals surface area contributed by atoms with E-state index in [0.717, 1.165) is 0 Å². The van der Waals surface area contributed by atoms with Gasteiger partial charge in [-0.3, -0.25) is 9.59 Å². The van der Waals surface area contributed by atoms with Crippen LogP contribution < -0.4 is 5.32 Å². The van der Waals surface area contributed by atoms with E-state index < -0.39 is 11.9 Å². The lowest BCUT2D eigenvalue weighted by atomic mass is 10.1. The van der Waals surface area contributed by atoms with Gasteiger partial charge in [0.05, 0.1) is 23.2 Å². The molecule has 0 fully saturated rings. The molecule has 9 heteroatoms. The van der Waals surface area contributed by atoms with E-state index in [9.17, 15) is 14.7 Å². The van der Waals surface area contributed by atoms with Crippen LogP contribution in [0.1, 0.15) is 32.6 Å². The molecule has 1 aromatic heterocycles. The van der Waals surface area contributed by atoms with E-state index in [1.54, 1.807) is 41.3 Å². The second kappa shape index (κ2) is 8.59. The number of fused-ring (bicyclic) bond motifs is 1. The van der Waals surface area contributed by atoms with Crippen molar-refractivity contribution >= 4 is 50.4 Å². The van der Waals surface area contributed by atoms with Gasteiger partial charge in [-0.15, -0.1) is 0 Å². The Morgan fingerprint density at radius 2 is 2.00 bits per heavy atom. The Morgan fingerprint density at radius 1 is 1.23 bits per heavy atom. The molecule has 2 aromatic carbocycles. The molecule has 3 aromatic rings. The summed E-state index contributed by atoms with van der Waals surface area (Å²) in [5.74, 6) is -0.0707. The van der Waals surface area contributed by atoms with Crippen LogP contribution in [0.15, 0.2) is 53.0 Å². The lowest BCUT2D eigenvalue weighted by Gasteiger charge is -2.17. The van der Waals surface area contributed by atoms with Crippen LogP contribution >= 0.6 is 27.5 Å². The molecule has 0 spiro atoms. The van der Waals surface area contributed by atoms with Crippen molar-refractivity contribution in [2.45, 2.75) is 6.04 Å². The summed E-state index contributed by atoms with van der Waals surface area (Å²) < 4.78 is 0.533. The average molecular weight is 490 g/mol. The Morgan fingerprint density at radius 3 is 2.70 bits per heavy atom. The van der Waals surface area contributed by atoms with Crippen molar-refractivity contribution in [2.75, 3.05) is 19.7 Å². The molecule has 0 aliphatic carbocycles. The van der Waals surface area contributed by atoms with Crippen LogP contribution in [0.2, 0.25) is 5.02 Å². The normalized spacial score (nSPS) is 14.3. The van der Waals surface area contributed by atoms with E-state index in [1.807, 2.05) is 12.2 Å². The molecule has 3 N–H and O–H groups in total. The first-order valence-electron chi connectivity index (χ1n) is 9.27. The van der Waals surface area contributed by atoms with Gasteiger partial charge in [-0.1, -0.05) is 23.8 Å². The third-order valence-corrected chi connectivity index (χ3v) is 5.74. The van der Waals surface area contributed by atoms with Gasteiger partial charge in [0.1, 0.15) is 11.9 Å². The summed E-state index contributed by atoms with van der Waals surface area (Å²) in [6.07, 6.45) is 3.88. The van der Waals surface area contributed by atoms with Crippen molar-refractivity contribution in [1.82, 2.24) is 20.2 Å². The van der Waals surface area contributed by atoms with E-state index in [-0.39, 0.29) is 12.5 Å². The van der Waals surface area contributed by atoms with Gasteiger partial charge in [0.2, 0.25) is 0 Å². The maximum atomic E-state index is 12.7. The smallest absolute Gasteiger partial charge is 0.255 e. The zero-order valence-corrected chi connectivity index (χ0v) is 18.1. The predicted octanol–water partition coefficient (Wildman–Crippen LogP) is 3.45. The standard InChI is InChI=1S/C21H18BrClN4O3/c22-15-9-12(3-5-14(15)21(30)27-7-1-2-8-27)20(29)26-18(11-28)19-24-16-6-4-13(23)10-17(16)25-19/h1-6,9-10,18,28H,7-8,11H2,(H,24,25)(H,26,29)/t18-/m0/s1. The molecule has 0 radical (unpaired) electrons. The lowest BCUT2D eigenvalue weighted by Crippen LogP contribution is -2.32. The van der Waals surface area contributed by atoms with Gasteiger partial charge in [-0.25, -0.2) is 4.98 Å². The van der Waals surface area contributed by atoms with Crippen molar-refractivity contribution in [1.29, 1.82) is 0 Å². The van der Waals surface area contributed by atoms with Gasteiger partial charge in [-0.2, -0.15) is 0 Å². The van der Waals surface area contributed by atoms with Gasteiger partial charge in [-0.05, 0) is 52.3 Å². The number of aromatic amines is 1. The molecule has 2 amide bonds. The van der Waals surface area contributed by atoms with E-state index in [1.165, 1.54) is 0 Å². The topological polar surface area (TPSA) is 98.3 Å². The predicted molar refractivity (Wildman–Crippen MR) is 118 cm³/mol. The first kappa shape index (κ1) is 20.6. The number of aromatic nitrogens is 2. The minimum Gasteiger partial charge on any atom is -0.394 e. The Labute approximate surface area is 185 Å². The number of rotatable bonds is 5. The molecule has 4 rings (SSSR count).